The smallest absolute Gasteiger partial charge is 0.129 e. The molecule has 0 saturated heterocycles. The first kappa shape index (κ1) is 12.4. The van der Waals surface area contributed by atoms with Crippen LogP contribution in [0.4, 0.5) is 0 Å². The van der Waals surface area contributed by atoms with E-state index in [2.05, 4.69) is 10.3 Å². The number of nitrogens with one attached hydrogen (secondary N) is 1. The summed E-state index contributed by atoms with van der Waals surface area (Å²) in [4.78, 5) is 4.01. The van der Waals surface area contributed by atoms with Gasteiger partial charge in [0, 0.05) is 26.4 Å². The van der Waals surface area contributed by atoms with Gasteiger partial charge in [-0.1, -0.05) is 17.7 Å². The zero-order valence-corrected chi connectivity index (χ0v) is 10.1. The van der Waals surface area contributed by atoms with Crippen molar-refractivity contribution < 1.29 is 4.74 Å². The molecule has 0 spiro atoms. The lowest BCUT2D eigenvalue weighted by Crippen LogP contribution is -2.36. The molecule has 0 saturated carbocycles. The van der Waals surface area contributed by atoms with Gasteiger partial charge in [-0.25, -0.2) is 4.98 Å². The summed E-state index contributed by atoms with van der Waals surface area (Å²) in [5, 5.41) is 3.83. The normalized spacial score (nSPS) is 11.7. The number of halogens is 1. The van der Waals surface area contributed by atoms with E-state index in [0.717, 1.165) is 18.7 Å². The van der Waals surface area contributed by atoms with Crippen molar-refractivity contribution in [3.63, 3.8) is 0 Å². The van der Waals surface area contributed by atoms with Crippen molar-refractivity contribution in [2.45, 2.75) is 26.0 Å². The second kappa shape index (κ2) is 5.45. The predicted molar refractivity (Wildman–Crippen MR) is 62.0 cm³/mol. The molecule has 0 aliphatic rings. The Bertz CT molecular complexity index is 298. The van der Waals surface area contributed by atoms with E-state index in [4.69, 9.17) is 16.3 Å². The summed E-state index contributed by atoms with van der Waals surface area (Å²) in [6.45, 7) is 5.66. The van der Waals surface area contributed by atoms with Crippen LogP contribution < -0.4 is 5.32 Å². The number of pyridine rings is 1. The fourth-order valence-corrected chi connectivity index (χ4v) is 1.20. The molecule has 0 fully saturated rings. The molecule has 84 valence electrons. The van der Waals surface area contributed by atoms with Gasteiger partial charge in [0.1, 0.15) is 5.15 Å². The average Bonchev–Trinajstić information content (AvgIpc) is 2.21. The zero-order valence-electron chi connectivity index (χ0n) is 9.38. The molecule has 15 heavy (non-hydrogen) atoms. The van der Waals surface area contributed by atoms with E-state index in [1.165, 1.54) is 0 Å². The number of rotatable bonds is 5. The summed E-state index contributed by atoms with van der Waals surface area (Å²) in [7, 11) is 1.71. The molecule has 0 aromatic carbocycles. The van der Waals surface area contributed by atoms with Gasteiger partial charge in [0.25, 0.3) is 0 Å². The molecule has 1 heterocycles. The lowest BCUT2D eigenvalue weighted by molar-refractivity contribution is 0.0230. The third kappa shape index (κ3) is 4.60. The van der Waals surface area contributed by atoms with Crippen LogP contribution in [-0.4, -0.2) is 24.2 Å². The minimum absolute atomic E-state index is 0.139. The van der Waals surface area contributed by atoms with E-state index in [-0.39, 0.29) is 5.60 Å². The standard InChI is InChI=1S/C11H17ClN2O/c1-11(2,15-3)8-13-6-9-4-5-10(12)14-7-9/h4-5,7,13H,6,8H2,1-3H3. The summed E-state index contributed by atoms with van der Waals surface area (Å²) in [6.07, 6.45) is 1.77. The van der Waals surface area contributed by atoms with Gasteiger partial charge in [0.15, 0.2) is 0 Å². The summed E-state index contributed by atoms with van der Waals surface area (Å²) in [5.41, 5.74) is 0.978. The number of nitrogens with zero attached hydrogens (tertiary/aromatic N) is 1. The average molecular weight is 229 g/mol. The molecule has 0 radical (unpaired) electrons. The van der Waals surface area contributed by atoms with E-state index in [1.54, 1.807) is 19.4 Å². The molecule has 0 aliphatic carbocycles. The van der Waals surface area contributed by atoms with E-state index in [1.807, 2.05) is 19.9 Å². The highest BCUT2D eigenvalue weighted by molar-refractivity contribution is 6.29. The first-order valence-corrected chi connectivity index (χ1v) is 5.27. The van der Waals surface area contributed by atoms with Crippen LogP contribution in [0.1, 0.15) is 19.4 Å². The number of aromatic nitrogens is 1. The van der Waals surface area contributed by atoms with Crippen molar-refractivity contribution >= 4 is 11.6 Å². The van der Waals surface area contributed by atoms with Crippen LogP contribution >= 0.6 is 11.6 Å². The molecule has 1 aromatic heterocycles. The van der Waals surface area contributed by atoms with E-state index in [0.29, 0.717) is 5.15 Å². The molecule has 0 atom stereocenters. The first-order valence-electron chi connectivity index (χ1n) is 4.90. The summed E-state index contributed by atoms with van der Waals surface area (Å²) in [5.74, 6) is 0. The van der Waals surface area contributed by atoms with Gasteiger partial charge in [0.05, 0.1) is 5.60 Å². The molecule has 4 heteroatoms. The molecule has 0 amide bonds. The van der Waals surface area contributed by atoms with Gasteiger partial charge in [-0.3, -0.25) is 0 Å². The van der Waals surface area contributed by atoms with E-state index in [9.17, 15) is 0 Å². The van der Waals surface area contributed by atoms with Crippen LogP contribution in [0.5, 0.6) is 0 Å². The van der Waals surface area contributed by atoms with Gasteiger partial charge < -0.3 is 10.1 Å². The summed E-state index contributed by atoms with van der Waals surface area (Å²) >= 11 is 5.69. The summed E-state index contributed by atoms with van der Waals surface area (Å²) < 4.78 is 5.30. The van der Waals surface area contributed by atoms with Gasteiger partial charge >= 0.3 is 0 Å². The van der Waals surface area contributed by atoms with Crippen molar-refractivity contribution in [1.29, 1.82) is 0 Å². The van der Waals surface area contributed by atoms with Crippen LogP contribution in [0.25, 0.3) is 0 Å². The maximum absolute atomic E-state index is 5.69. The van der Waals surface area contributed by atoms with Crippen molar-refractivity contribution in [2.24, 2.45) is 0 Å². The highest BCUT2D eigenvalue weighted by Gasteiger charge is 2.14. The van der Waals surface area contributed by atoms with Crippen molar-refractivity contribution in [1.82, 2.24) is 10.3 Å². The van der Waals surface area contributed by atoms with Gasteiger partial charge in [0.2, 0.25) is 0 Å². The molecule has 1 N–H and O–H groups in total. The number of methoxy groups -OCH3 is 1. The molecular weight excluding hydrogens is 212 g/mol. The molecule has 0 bridgehead atoms. The third-order valence-corrected chi connectivity index (χ3v) is 2.44. The largest absolute Gasteiger partial charge is 0.377 e. The number of hydrogen-bond acceptors (Lipinski definition) is 3. The minimum Gasteiger partial charge on any atom is -0.377 e. The van der Waals surface area contributed by atoms with Crippen molar-refractivity contribution in [3.8, 4) is 0 Å². The SMILES string of the molecule is COC(C)(C)CNCc1ccc(Cl)nc1. The lowest BCUT2D eigenvalue weighted by Gasteiger charge is -2.23. The van der Waals surface area contributed by atoms with E-state index >= 15 is 0 Å². The van der Waals surface area contributed by atoms with Crippen LogP contribution in [0.15, 0.2) is 18.3 Å². The fourth-order valence-electron chi connectivity index (χ4n) is 1.09. The maximum Gasteiger partial charge on any atom is 0.129 e. The molecular formula is C11H17ClN2O. The Hall–Kier alpha value is -0.640. The summed E-state index contributed by atoms with van der Waals surface area (Å²) in [6, 6.07) is 3.75. The Morgan fingerprint density at radius 1 is 1.47 bits per heavy atom. The third-order valence-electron chi connectivity index (χ3n) is 2.22. The molecule has 0 unspecified atom stereocenters. The maximum atomic E-state index is 5.69. The first-order chi connectivity index (χ1) is 7.03. The minimum atomic E-state index is -0.139. The predicted octanol–water partition coefficient (Wildman–Crippen LogP) is 2.25. The molecule has 1 rings (SSSR count). The lowest BCUT2D eigenvalue weighted by atomic mass is 10.1. The van der Waals surface area contributed by atoms with Crippen LogP contribution in [-0.2, 0) is 11.3 Å². The second-order valence-corrected chi connectivity index (χ2v) is 4.44. The van der Waals surface area contributed by atoms with Crippen LogP contribution in [0, 0.1) is 0 Å². The number of ether oxygens (including phenoxy) is 1. The zero-order chi connectivity index (χ0) is 11.3. The monoisotopic (exact) mass is 228 g/mol. The highest BCUT2D eigenvalue weighted by Crippen LogP contribution is 2.07. The Balaban J connectivity index is 2.35. The van der Waals surface area contributed by atoms with Crippen LogP contribution in [0.2, 0.25) is 5.15 Å². The Morgan fingerprint density at radius 3 is 2.73 bits per heavy atom. The molecule has 1 aromatic rings. The molecule has 3 nitrogen and oxygen atoms in total. The second-order valence-electron chi connectivity index (χ2n) is 4.06. The Kier molecular flexibility index (Phi) is 4.51. The van der Waals surface area contributed by atoms with E-state index < -0.39 is 0 Å². The highest BCUT2D eigenvalue weighted by atomic mass is 35.5. The Labute approximate surface area is 95.8 Å². The van der Waals surface area contributed by atoms with Crippen molar-refractivity contribution in [3.05, 3.63) is 29.0 Å². The Morgan fingerprint density at radius 2 is 2.20 bits per heavy atom. The van der Waals surface area contributed by atoms with Crippen molar-refractivity contribution in [2.75, 3.05) is 13.7 Å². The number of hydrogen-bond donors (Lipinski definition) is 1. The fraction of sp³-hybridized carbons (Fsp3) is 0.545. The van der Waals surface area contributed by atoms with Crippen LogP contribution in [0.3, 0.4) is 0 Å². The van der Waals surface area contributed by atoms with Gasteiger partial charge in [-0.15, -0.1) is 0 Å². The van der Waals surface area contributed by atoms with Gasteiger partial charge in [-0.05, 0) is 25.5 Å². The topological polar surface area (TPSA) is 34.1 Å². The quantitative estimate of drug-likeness (QED) is 0.785. The van der Waals surface area contributed by atoms with Gasteiger partial charge in [-0.2, -0.15) is 0 Å². The molecule has 0 aliphatic heterocycles.